The van der Waals surface area contributed by atoms with Crippen LogP contribution >= 0.6 is 12.4 Å². The van der Waals surface area contributed by atoms with Gasteiger partial charge < -0.3 is 20.1 Å². The van der Waals surface area contributed by atoms with Crippen molar-refractivity contribution in [1.29, 1.82) is 0 Å². The van der Waals surface area contributed by atoms with Crippen molar-refractivity contribution in [3.05, 3.63) is 29.8 Å². The fourth-order valence-electron chi connectivity index (χ4n) is 1.85. The fraction of sp³-hybridized carbons (Fsp3) is 0.462. The molecule has 0 bridgehead atoms. The topological polar surface area (TPSA) is 59.6 Å². The molecule has 1 amide bonds. The van der Waals surface area contributed by atoms with Gasteiger partial charge in [0.05, 0.1) is 6.61 Å². The summed E-state index contributed by atoms with van der Waals surface area (Å²) in [6.07, 6.45) is -5.24. The number of amides is 1. The van der Waals surface area contributed by atoms with Crippen molar-refractivity contribution in [3.8, 4) is 5.75 Å². The van der Waals surface area contributed by atoms with Crippen LogP contribution in [0.3, 0.4) is 0 Å². The van der Waals surface area contributed by atoms with Gasteiger partial charge in [0.2, 0.25) is 0 Å². The average molecular weight is 341 g/mol. The van der Waals surface area contributed by atoms with E-state index in [1.807, 2.05) is 0 Å². The van der Waals surface area contributed by atoms with Gasteiger partial charge in [0.25, 0.3) is 5.91 Å². The summed E-state index contributed by atoms with van der Waals surface area (Å²) in [5.41, 5.74) is 0.668. The lowest BCUT2D eigenvalue weighted by molar-refractivity contribution is -0.274. The third-order valence-electron chi connectivity index (χ3n) is 2.84. The molecule has 1 aromatic rings. The number of hydrogen-bond acceptors (Lipinski definition) is 4. The van der Waals surface area contributed by atoms with Gasteiger partial charge in [-0.25, -0.2) is 0 Å². The molecule has 0 aromatic heterocycles. The maximum absolute atomic E-state index is 12.0. The second kappa shape index (κ2) is 8.21. The van der Waals surface area contributed by atoms with Crippen LogP contribution in [0.15, 0.2) is 24.3 Å². The molecule has 0 radical (unpaired) electrons. The van der Waals surface area contributed by atoms with Crippen molar-refractivity contribution >= 4 is 18.3 Å². The first kappa shape index (κ1) is 18.5. The summed E-state index contributed by atoms with van der Waals surface area (Å²) >= 11 is 0. The molecule has 22 heavy (non-hydrogen) atoms. The lowest BCUT2D eigenvalue weighted by Gasteiger charge is -2.22. The van der Waals surface area contributed by atoms with Gasteiger partial charge in [-0.2, -0.15) is 0 Å². The van der Waals surface area contributed by atoms with Gasteiger partial charge in [-0.05, 0) is 17.7 Å². The molecule has 9 heteroatoms. The van der Waals surface area contributed by atoms with Crippen molar-refractivity contribution in [1.82, 2.24) is 10.6 Å². The minimum absolute atomic E-state index is 0. The van der Waals surface area contributed by atoms with Crippen LogP contribution in [0.25, 0.3) is 0 Å². The third kappa shape index (κ3) is 6.08. The van der Waals surface area contributed by atoms with Gasteiger partial charge in [0, 0.05) is 19.6 Å². The average Bonchev–Trinajstić information content (AvgIpc) is 2.45. The van der Waals surface area contributed by atoms with Gasteiger partial charge in [-0.15, -0.1) is 25.6 Å². The van der Waals surface area contributed by atoms with E-state index in [1.54, 1.807) is 0 Å². The molecule has 1 saturated heterocycles. The predicted octanol–water partition coefficient (Wildman–Crippen LogP) is 1.61. The summed E-state index contributed by atoms with van der Waals surface area (Å²) in [4.78, 5) is 11.8. The molecule has 0 spiro atoms. The molecule has 1 aliphatic heterocycles. The van der Waals surface area contributed by atoms with Gasteiger partial charge in [-0.3, -0.25) is 4.79 Å². The van der Waals surface area contributed by atoms with E-state index in [2.05, 4.69) is 15.4 Å². The van der Waals surface area contributed by atoms with E-state index in [0.29, 0.717) is 25.3 Å². The first-order valence-corrected chi connectivity index (χ1v) is 6.39. The van der Waals surface area contributed by atoms with E-state index >= 15 is 0 Å². The van der Waals surface area contributed by atoms with Crippen LogP contribution in [0.5, 0.6) is 5.75 Å². The molecule has 124 valence electrons. The summed E-state index contributed by atoms with van der Waals surface area (Å²) in [5, 5.41) is 5.70. The summed E-state index contributed by atoms with van der Waals surface area (Å²) in [6, 6.07) is 5.32. The number of alkyl halides is 3. The highest BCUT2D eigenvalue weighted by atomic mass is 35.5. The maximum Gasteiger partial charge on any atom is 0.573 e. The van der Waals surface area contributed by atoms with E-state index in [1.165, 1.54) is 24.3 Å². The molecule has 1 aromatic carbocycles. The monoisotopic (exact) mass is 340 g/mol. The van der Waals surface area contributed by atoms with Gasteiger partial charge >= 0.3 is 6.36 Å². The number of carbonyl (C=O) groups excluding carboxylic acids is 1. The van der Waals surface area contributed by atoms with Crippen molar-refractivity contribution < 1.29 is 27.4 Å². The Balaban J connectivity index is 0.00000242. The van der Waals surface area contributed by atoms with Crippen molar-refractivity contribution in [2.24, 2.45) is 0 Å². The Hall–Kier alpha value is -1.51. The highest BCUT2D eigenvalue weighted by Gasteiger charge is 2.31. The SMILES string of the molecule is Cl.O=C(NCc1ccc(OC(F)(F)F)cc1)C1CNCCO1. The third-order valence-corrected chi connectivity index (χ3v) is 2.84. The Morgan fingerprint density at radius 2 is 2.05 bits per heavy atom. The van der Waals surface area contributed by atoms with Crippen LogP contribution in [0, 0.1) is 0 Å². The van der Waals surface area contributed by atoms with Crippen LogP contribution in [-0.4, -0.2) is 38.1 Å². The van der Waals surface area contributed by atoms with Crippen LogP contribution in [0.2, 0.25) is 0 Å². The number of carbonyl (C=O) groups is 1. The molecular weight excluding hydrogens is 325 g/mol. The summed E-state index contributed by atoms with van der Waals surface area (Å²) in [7, 11) is 0. The molecule has 2 N–H and O–H groups in total. The summed E-state index contributed by atoms with van der Waals surface area (Å²) in [6.45, 7) is 1.85. The van der Waals surface area contributed by atoms with Crippen molar-refractivity contribution in [3.63, 3.8) is 0 Å². The second-order valence-electron chi connectivity index (χ2n) is 4.47. The zero-order chi connectivity index (χ0) is 15.3. The molecular formula is C13H16ClF3N2O3. The van der Waals surface area contributed by atoms with Gasteiger partial charge in [-0.1, -0.05) is 12.1 Å². The molecule has 5 nitrogen and oxygen atoms in total. The van der Waals surface area contributed by atoms with Crippen molar-refractivity contribution in [2.45, 2.75) is 19.0 Å². The first-order valence-electron chi connectivity index (χ1n) is 6.39. The van der Waals surface area contributed by atoms with E-state index in [9.17, 15) is 18.0 Å². The molecule has 1 unspecified atom stereocenters. The van der Waals surface area contributed by atoms with Gasteiger partial charge in [0.15, 0.2) is 0 Å². The zero-order valence-corrected chi connectivity index (χ0v) is 12.3. The number of morpholine rings is 1. The summed E-state index contributed by atoms with van der Waals surface area (Å²) < 4.78 is 45.1. The lowest BCUT2D eigenvalue weighted by Crippen LogP contribution is -2.47. The standard InChI is InChI=1S/C13H15F3N2O3.ClH/c14-13(15,16)21-10-3-1-9(2-4-10)7-18-12(19)11-8-17-5-6-20-11;/h1-4,11,17H,5-8H2,(H,18,19);1H. The van der Waals surface area contributed by atoms with Gasteiger partial charge in [0.1, 0.15) is 11.9 Å². The highest BCUT2D eigenvalue weighted by molar-refractivity contribution is 5.85. The quantitative estimate of drug-likeness (QED) is 0.874. The Labute approximate surface area is 131 Å². The van der Waals surface area contributed by atoms with E-state index in [-0.39, 0.29) is 30.6 Å². The molecule has 0 aliphatic carbocycles. The first-order chi connectivity index (χ1) is 9.94. The largest absolute Gasteiger partial charge is 0.573 e. The van der Waals surface area contributed by atoms with Crippen molar-refractivity contribution in [2.75, 3.05) is 19.7 Å². The van der Waals surface area contributed by atoms with Crippen LogP contribution in [-0.2, 0) is 16.1 Å². The minimum Gasteiger partial charge on any atom is -0.406 e. The molecule has 1 heterocycles. The Morgan fingerprint density at radius 1 is 1.36 bits per heavy atom. The lowest BCUT2D eigenvalue weighted by atomic mass is 10.2. The Morgan fingerprint density at radius 3 is 2.59 bits per heavy atom. The highest BCUT2D eigenvalue weighted by Crippen LogP contribution is 2.22. The van der Waals surface area contributed by atoms with E-state index < -0.39 is 12.5 Å². The normalized spacial score (nSPS) is 18.2. The maximum atomic E-state index is 12.0. The fourth-order valence-corrected chi connectivity index (χ4v) is 1.85. The molecule has 1 fully saturated rings. The molecule has 1 aliphatic rings. The molecule has 1 atom stereocenters. The predicted molar refractivity (Wildman–Crippen MR) is 74.8 cm³/mol. The number of halogens is 4. The number of benzene rings is 1. The number of rotatable bonds is 4. The second-order valence-corrected chi connectivity index (χ2v) is 4.47. The molecule has 0 saturated carbocycles. The Kier molecular flexibility index (Phi) is 6.92. The number of nitrogens with one attached hydrogen (secondary N) is 2. The van der Waals surface area contributed by atoms with Crippen LogP contribution < -0.4 is 15.4 Å². The smallest absolute Gasteiger partial charge is 0.406 e. The summed E-state index contributed by atoms with van der Waals surface area (Å²) in [5.74, 6) is -0.546. The van der Waals surface area contributed by atoms with E-state index in [0.717, 1.165) is 0 Å². The zero-order valence-electron chi connectivity index (χ0n) is 11.5. The van der Waals surface area contributed by atoms with Crippen LogP contribution in [0.4, 0.5) is 13.2 Å². The Bertz CT molecular complexity index is 476. The molecule has 2 rings (SSSR count). The number of hydrogen-bond donors (Lipinski definition) is 2. The minimum atomic E-state index is -4.71. The van der Waals surface area contributed by atoms with E-state index in [4.69, 9.17) is 4.74 Å². The number of ether oxygens (including phenoxy) is 2. The van der Waals surface area contributed by atoms with Crippen LogP contribution in [0.1, 0.15) is 5.56 Å².